The normalized spacial score (nSPS) is 10.0. The van der Waals surface area contributed by atoms with Gasteiger partial charge < -0.3 is 15.4 Å². The topological polar surface area (TPSA) is 50.4 Å². The average molecular weight is 236 g/mol. The van der Waals surface area contributed by atoms with E-state index in [9.17, 15) is 4.79 Å². The molecule has 0 unspecified atom stereocenters. The number of methoxy groups -OCH3 is 1. The second-order valence-corrected chi connectivity index (χ2v) is 3.77. The quantitative estimate of drug-likeness (QED) is 0.702. The summed E-state index contributed by atoms with van der Waals surface area (Å²) in [7, 11) is 3.33. The molecule has 1 aromatic rings. The van der Waals surface area contributed by atoms with E-state index in [-0.39, 0.29) is 5.91 Å². The lowest BCUT2D eigenvalue weighted by atomic mass is 10.2. The van der Waals surface area contributed by atoms with Crippen LogP contribution in [0.3, 0.4) is 0 Å². The first kappa shape index (κ1) is 13.5. The van der Waals surface area contributed by atoms with Crippen LogP contribution in [-0.2, 0) is 11.3 Å². The summed E-state index contributed by atoms with van der Waals surface area (Å²) in [6, 6.07) is 7.92. The summed E-state index contributed by atoms with van der Waals surface area (Å²) in [6.45, 7) is 1.59. The molecule has 0 heterocycles. The molecule has 94 valence electrons. The van der Waals surface area contributed by atoms with Gasteiger partial charge in [0, 0.05) is 25.6 Å². The fourth-order valence-corrected chi connectivity index (χ4v) is 1.57. The molecule has 2 N–H and O–H groups in total. The molecule has 0 spiro atoms. The lowest BCUT2D eigenvalue weighted by Gasteiger charge is -2.09. The Hall–Kier alpha value is -1.55. The van der Waals surface area contributed by atoms with Gasteiger partial charge in [-0.15, -0.1) is 0 Å². The van der Waals surface area contributed by atoms with Crippen molar-refractivity contribution in [3.8, 4) is 5.75 Å². The molecule has 0 aliphatic rings. The smallest absolute Gasteiger partial charge is 0.219 e. The summed E-state index contributed by atoms with van der Waals surface area (Å²) in [5, 5.41) is 5.90. The van der Waals surface area contributed by atoms with Crippen molar-refractivity contribution in [2.45, 2.75) is 19.4 Å². The highest BCUT2D eigenvalue weighted by Crippen LogP contribution is 2.16. The number of benzene rings is 1. The summed E-state index contributed by atoms with van der Waals surface area (Å²) in [6.07, 6.45) is 1.41. The highest BCUT2D eigenvalue weighted by Gasteiger charge is 2.01. The molecule has 0 saturated carbocycles. The fourth-order valence-electron chi connectivity index (χ4n) is 1.57. The molecule has 0 atom stereocenters. The van der Waals surface area contributed by atoms with Gasteiger partial charge in [0.2, 0.25) is 5.91 Å². The van der Waals surface area contributed by atoms with E-state index in [1.54, 1.807) is 14.2 Å². The predicted molar refractivity (Wildman–Crippen MR) is 68.0 cm³/mol. The summed E-state index contributed by atoms with van der Waals surface area (Å²) in [5.41, 5.74) is 1.13. The second-order valence-electron chi connectivity index (χ2n) is 3.77. The number of hydrogen-bond acceptors (Lipinski definition) is 3. The van der Waals surface area contributed by atoms with E-state index < -0.39 is 0 Å². The molecule has 1 rings (SSSR count). The minimum atomic E-state index is 0.0871. The third-order valence-corrected chi connectivity index (χ3v) is 2.54. The van der Waals surface area contributed by atoms with Gasteiger partial charge in [0.15, 0.2) is 0 Å². The third kappa shape index (κ3) is 4.87. The Morgan fingerprint density at radius 1 is 1.35 bits per heavy atom. The molecule has 1 amide bonds. The Morgan fingerprint density at radius 3 is 2.82 bits per heavy atom. The number of ether oxygens (including phenoxy) is 1. The van der Waals surface area contributed by atoms with E-state index in [0.717, 1.165) is 30.8 Å². The van der Waals surface area contributed by atoms with Gasteiger partial charge in [0.25, 0.3) is 0 Å². The van der Waals surface area contributed by atoms with Crippen LogP contribution in [0.1, 0.15) is 18.4 Å². The first-order valence-corrected chi connectivity index (χ1v) is 5.81. The van der Waals surface area contributed by atoms with E-state index in [1.807, 2.05) is 24.3 Å². The molecule has 4 heteroatoms. The highest BCUT2D eigenvalue weighted by atomic mass is 16.5. The van der Waals surface area contributed by atoms with Gasteiger partial charge in [-0.3, -0.25) is 4.79 Å². The van der Waals surface area contributed by atoms with Crippen molar-refractivity contribution >= 4 is 5.91 Å². The van der Waals surface area contributed by atoms with Crippen molar-refractivity contribution in [2.75, 3.05) is 20.7 Å². The monoisotopic (exact) mass is 236 g/mol. The van der Waals surface area contributed by atoms with E-state index in [2.05, 4.69) is 10.6 Å². The molecule has 0 radical (unpaired) electrons. The largest absolute Gasteiger partial charge is 0.496 e. The Morgan fingerprint density at radius 2 is 2.12 bits per heavy atom. The maximum atomic E-state index is 11.0. The van der Waals surface area contributed by atoms with Crippen molar-refractivity contribution in [3.05, 3.63) is 29.8 Å². The lowest BCUT2D eigenvalue weighted by Crippen LogP contribution is -2.21. The van der Waals surface area contributed by atoms with E-state index in [1.165, 1.54) is 0 Å². The van der Waals surface area contributed by atoms with Crippen LogP contribution in [0.2, 0.25) is 0 Å². The van der Waals surface area contributed by atoms with Gasteiger partial charge in [0.05, 0.1) is 7.11 Å². The molecule has 0 aliphatic carbocycles. The van der Waals surface area contributed by atoms with Gasteiger partial charge >= 0.3 is 0 Å². The lowest BCUT2D eigenvalue weighted by molar-refractivity contribution is -0.120. The minimum absolute atomic E-state index is 0.0871. The molecular weight excluding hydrogens is 216 g/mol. The van der Waals surface area contributed by atoms with Crippen LogP contribution in [0, 0.1) is 0 Å². The van der Waals surface area contributed by atoms with Crippen LogP contribution in [-0.4, -0.2) is 26.6 Å². The van der Waals surface area contributed by atoms with Gasteiger partial charge in [-0.05, 0) is 19.0 Å². The minimum Gasteiger partial charge on any atom is -0.496 e. The van der Waals surface area contributed by atoms with Gasteiger partial charge in [0.1, 0.15) is 5.75 Å². The molecule has 0 saturated heterocycles. The van der Waals surface area contributed by atoms with E-state index >= 15 is 0 Å². The SMILES string of the molecule is CNC(=O)CCCNCc1ccccc1OC. The van der Waals surface area contributed by atoms with Crippen molar-refractivity contribution in [1.82, 2.24) is 10.6 Å². The van der Waals surface area contributed by atoms with E-state index in [0.29, 0.717) is 6.42 Å². The van der Waals surface area contributed by atoms with Crippen LogP contribution >= 0.6 is 0 Å². The summed E-state index contributed by atoms with van der Waals surface area (Å²) in [5.74, 6) is 0.982. The molecular formula is C13H20N2O2. The van der Waals surface area contributed by atoms with Crippen LogP contribution in [0.15, 0.2) is 24.3 Å². The Balaban J connectivity index is 2.24. The van der Waals surface area contributed by atoms with Crippen LogP contribution in [0.5, 0.6) is 5.75 Å². The molecule has 0 aromatic heterocycles. The van der Waals surface area contributed by atoms with Crippen molar-refractivity contribution in [1.29, 1.82) is 0 Å². The Kier molecular flexibility index (Phi) is 6.10. The van der Waals surface area contributed by atoms with Gasteiger partial charge in [-0.2, -0.15) is 0 Å². The van der Waals surface area contributed by atoms with Gasteiger partial charge in [-0.1, -0.05) is 18.2 Å². The maximum Gasteiger partial charge on any atom is 0.219 e. The first-order chi connectivity index (χ1) is 8.27. The van der Waals surface area contributed by atoms with Crippen LogP contribution < -0.4 is 15.4 Å². The number of carbonyl (C=O) groups excluding carboxylic acids is 1. The van der Waals surface area contributed by atoms with Crippen molar-refractivity contribution in [2.24, 2.45) is 0 Å². The van der Waals surface area contributed by atoms with E-state index in [4.69, 9.17) is 4.74 Å². The number of amides is 1. The van der Waals surface area contributed by atoms with Crippen molar-refractivity contribution in [3.63, 3.8) is 0 Å². The number of rotatable bonds is 7. The number of carbonyl (C=O) groups is 1. The molecule has 4 nitrogen and oxygen atoms in total. The standard InChI is InChI=1S/C13H20N2O2/c1-14-13(16)8-5-9-15-10-11-6-3-4-7-12(11)17-2/h3-4,6-7,15H,5,8-10H2,1-2H3,(H,14,16). The molecule has 0 aliphatic heterocycles. The number of para-hydroxylation sites is 1. The number of nitrogens with one attached hydrogen (secondary N) is 2. The summed E-state index contributed by atoms with van der Waals surface area (Å²) >= 11 is 0. The Bertz CT molecular complexity index is 353. The van der Waals surface area contributed by atoms with Gasteiger partial charge in [-0.25, -0.2) is 0 Å². The molecule has 0 fully saturated rings. The predicted octanol–water partition coefficient (Wildman–Crippen LogP) is 1.31. The maximum absolute atomic E-state index is 11.0. The fraction of sp³-hybridized carbons (Fsp3) is 0.462. The zero-order chi connectivity index (χ0) is 12.5. The van der Waals surface area contributed by atoms with Crippen LogP contribution in [0.25, 0.3) is 0 Å². The number of hydrogen-bond donors (Lipinski definition) is 2. The average Bonchev–Trinajstić information content (AvgIpc) is 2.38. The summed E-state index contributed by atoms with van der Waals surface area (Å²) < 4.78 is 5.25. The zero-order valence-corrected chi connectivity index (χ0v) is 10.5. The Labute approximate surface area is 102 Å². The highest BCUT2D eigenvalue weighted by molar-refractivity contribution is 5.75. The zero-order valence-electron chi connectivity index (χ0n) is 10.5. The summed E-state index contributed by atoms with van der Waals surface area (Å²) in [4.78, 5) is 11.0. The third-order valence-electron chi connectivity index (χ3n) is 2.54. The first-order valence-electron chi connectivity index (χ1n) is 5.81. The molecule has 17 heavy (non-hydrogen) atoms. The van der Waals surface area contributed by atoms with Crippen molar-refractivity contribution < 1.29 is 9.53 Å². The molecule has 0 bridgehead atoms. The molecule has 1 aromatic carbocycles. The van der Waals surface area contributed by atoms with Crippen LogP contribution in [0.4, 0.5) is 0 Å². The second kappa shape index (κ2) is 7.68.